The number of fused-ring (bicyclic) bond motifs is 1. The van der Waals surface area contributed by atoms with E-state index in [0.717, 1.165) is 5.56 Å². The summed E-state index contributed by atoms with van der Waals surface area (Å²) in [6, 6.07) is 9.83. The van der Waals surface area contributed by atoms with Gasteiger partial charge >= 0.3 is 0 Å². The maximum Gasteiger partial charge on any atom is 0.262 e. The van der Waals surface area contributed by atoms with E-state index < -0.39 is 10.0 Å². The molecule has 0 aromatic heterocycles. The van der Waals surface area contributed by atoms with Gasteiger partial charge in [0.05, 0.1) is 24.1 Å². The van der Waals surface area contributed by atoms with Gasteiger partial charge in [-0.15, -0.1) is 0 Å². The average molecular weight is 332 g/mol. The van der Waals surface area contributed by atoms with Gasteiger partial charge in [-0.2, -0.15) is 0 Å². The van der Waals surface area contributed by atoms with Crippen molar-refractivity contribution < 1.29 is 17.9 Å². The van der Waals surface area contributed by atoms with Gasteiger partial charge in [-0.25, -0.2) is 8.42 Å². The highest BCUT2D eigenvalue weighted by Crippen LogP contribution is 2.30. The van der Waals surface area contributed by atoms with Crippen LogP contribution >= 0.6 is 0 Å². The summed E-state index contributed by atoms with van der Waals surface area (Å²) >= 11 is 0. The Morgan fingerprint density at radius 3 is 2.70 bits per heavy atom. The first-order chi connectivity index (χ1) is 10.9. The van der Waals surface area contributed by atoms with Gasteiger partial charge in [0.1, 0.15) is 5.75 Å². The lowest BCUT2D eigenvalue weighted by atomic mass is 10.2. The van der Waals surface area contributed by atoms with Crippen molar-refractivity contribution in [2.75, 3.05) is 17.1 Å². The van der Waals surface area contributed by atoms with Crippen molar-refractivity contribution in [2.24, 2.45) is 0 Å². The predicted octanol–water partition coefficient (Wildman–Crippen LogP) is 2.30. The Hall–Kier alpha value is -2.54. The minimum Gasteiger partial charge on any atom is -0.495 e. The molecule has 1 heterocycles. The normalized spacial score (nSPS) is 13.4. The fraction of sp³-hybridized carbons (Fsp3) is 0.188. The maximum atomic E-state index is 12.6. The van der Waals surface area contributed by atoms with Gasteiger partial charge in [0.15, 0.2) is 0 Å². The molecule has 0 bridgehead atoms. The molecule has 23 heavy (non-hydrogen) atoms. The number of carbonyl (C=O) groups is 1. The number of methoxy groups -OCH3 is 1. The van der Waals surface area contributed by atoms with Gasteiger partial charge in [-0.05, 0) is 48.4 Å². The molecule has 1 aliphatic rings. The molecule has 2 N–H and O–H groups in total. The van der Waals surface area contributed by atoms with Gasteiger partial charge in [-0.1, -0.05) is 6.07 Å². The molecule has 120 valence electrons. The second-order valence-electron chi connectivity index (χ2n) is 5.35. The highest BCUT2D eigenvalue weighted by Gasteiger charge is 2.22. The van der Waals surface area contributed by atoms with E-state index in [0.29, 0.717) is 22.7 Å². The van der Waals surface area contributed by atoms with Crippen LogP contribution in [0.15, 0.2) is 41.3 Å². The standard InChI is InChI=1S/C16H16N2O4S/c1-10-3-6-15(22-2)14(7-10)18-23(20,21)12-4-5-13-11(8-12)9-16(19)17-13/h3-8,18H,9H2,1-2H3,(H,17,19). The van der Waals surface area contributed by atoms with Crippen LogP contribution in [0.2, 0.25) is 0 Å². The second-order valence-corrected chi connectivity index (χ2v) is 7.04. The van der Waals surface area contributed by atoms with Gasteiger partial charge in [-0.3, -0.25) is 9.52 Å². The van der Waals surface area contributed by atoms with Crippen LogP contribution in [0.3, 0.4) is 0 Å². The number of nitrogens with one attached hydrogen (secondary N) is 2. The number of carbonyl (C=O) groups excluding carboxylic acids is 1. The maximum absolute atomic E-state index is 12.6. The molecule has 0 radical (unpaired) electrons. The van der Waals surface area contributed by atoms with E-state index in [1.165, 1.54) is 19.2 Å². The first kappa shape index (κ1) is 15.4. The first-order valence-corrected chi connectivity index (χ1v) is 8.47. The zero-order chi connectivity index (χ0) is 16.6. The lowest BCUT2D eigenvalue weighted by Gasteiger charge is -2.13. The van der Waals surface area contributed by atoms with Crippen LogP contribution < -0.4 is 14.8 Å². The highest BCUT2D eigenvalue weighted by molar-refractivity contribution is 7.92. The van der Waals surface area contributed by atoms with Crippen LogP contribution in [0.5, 0.6) is 5.75 Å². The Kier molecular flexibility index (Phi) is 3.73. The highest BCUT2D eigenvalue weighted by atomic mass is 32.2. The Morgan fingerprint density at radius 2 is 1.96 bits per heavy atom. The Morgan fingerprint density at radius 1 is 1.17 bits per heavy atom. The fourth-order valence-corrected chi connectivity index (χ4v) is 3.59. The van der Waals surface area contributed by atoms with E-state index in [2.05, 4.69) is 10.0 Å². The molecule has 0 atom stereocenters. The molecule has 1 aliphatic heterocycles. The van der Waals surface area contributed by atoms with Crippen LogP contribution in [0.1, 0.15) is 11.1 Å². The molecule has 0 saturated heterocycles. The SMILES string of the molecule is COc1ccc(C)cc1NS(=O)(=O)c1ccc2c(c1)CC(=O)N2. The molecule has 2 aromatic carbocycles. The molecule has 0 fully saturated rings. The van der Waals surface area contributed by atoms with E-state index in [1.807, 2.05) is 13.0 Å². The number of aryl methyl sites for hydroxylation is 1. The smallest absolute Gasteiger partial charge is 0.262 e. The zero-order valence-electron chi connectivity index (χ0n) is 12.7. The lowest BCUT2D eigenvalue weighted by Crippen LogP contribution is -2.14. The summed E-state index contributed by atoms with van der Waals surface area (Å²) in [6.07, 6.45) is 0.187. The van der Waals surface area contributed by atoms with Crippen molar-refractivity contribution in [3.8, 4) is 5.75 Å². The number of rotatable bonds is 4. The fourth-order valence-electron chi connectivity index (χ4n) is 2.48. The summed E-state index contributed by atoms with van der Waals surface area (Å²) in [6.45, 7) is 1.86. The number of sulfonamides is 1. The third-order valence-corrected chi connectivity index (χ3v) is 4.97. The van der Waals surface area contributed by atoms with Crippen molar-refractivity contribution >= 4 is 27.3 Å². The van der Waals surface area contributed by atoms with E-state index >= 15 is 0 Å². The van der Waals surface area contributed by atoms with E-state index in [1.54, 1.807) is 18.2 Å². The van der Waals surface area contributed by atoms with Crippen molar-refractivity contribution in [1.29, 1.82) is 0 Å². The van der Waals surface area contributed by atoms with E-state index in [-0.39, 0.29) is 17.2 Å². The third-order valence-electron chi connectivity index (χ3n) is 3.61. The number of ether oxygens (including phenoxy) is 1. The summed E-state index contributed by atoms with van der Waals surface area (Å²) in [5.41, 5.74) is 2.62. The Labute approximate surface area is 134 Å². The topological polar surface area (TPSA) is 84.5 Å². The lowest BCUT2D eigenvalue weighted by molar-refractivity contribution is -0.115. The van der Waals surface area contributed by atoms with Crippen LogP contribution in [0.4, 0.5) is 11.4 Å². The van der Waals surface area contributed by atoms with Crippen molar-refractivity contribution in [3.63, 3.8) is 0 Å². The third kappa shape index (κ3) is 3.00. The summed E-state index contributed by atoms with van der Waals surface area (Å²) in [4.78, 5) is 11.5. The van der Waals surface area contributed by atoms with Crippen molar-refractivity contribution in [1.82, 2.24) is 0 Å². The second kappa shape index (κ2) is 5.58. The van der Waals surface area contributed by atoms with Crippen LogP contribution in [-0.4, -0.2) is 21.4 Å². The molecule has 2 aromatic rings. The van der Waals surface area contributed by atoms with Crippen molar-refractivity contribution in [2.45, 2.75) is 18.2 Å². The molecule has 0 spiro atoms. The number of hydrogen-bond acceptors (Lipinski definition) is 4. The summed E-state index contributed by atoms with van der Waals surface area (Å²) in [5.74, 6) is 0.306. The van der Waals surface area contributed by atoms with Crippen LogP contribution in [0.25, 0.3) is 0 Å². The molecule has 0 unspecified atom stereocenters. The summed E-state index contributed by atoms with van der Waals surface area (Å²) in [7, 11) is -2.29. The van der Waals surface area contributed by atoms with Crippen LogP contribution in [-0.2, 0) is 21.2 Å². The van der Waals surface area contributed by atoms with E-state index in [4.69, 9.17) is 4.74 Å². The minimum absolute atomic E-state index is 0.108. The van der Waals surface area contributed by atoms with E-state index in [9.17, 15) is 13.2 Å². The molecule has 7 heteroatoms. The molecule has 1 amide bonds. The van der Waals surface area contributed by atoms with Gasteiger partial charge in [0, 0.05) is 5.69 Å². The molecular weight excluding hydrogens is 316 g/mol. The number of hydrogen-bond donors (Lipinski definition) is 2. The molecule has 0 aliphatic carbocycles. The number of amides is 1. The Bertz CT molecular complexity index is 891. The number of anilines is 2. The predicted molar refractivity (Wildman–Crippen MR) is 87.3 cm³/mol. The summed E-state index contributed by atoms with van der Waals surface area (Å²) < 4.78 is 32.9. The monoisotopic (exact) mass is 332 g/mol. The zero-order valence-corrected chi connectivity index (χ0v) is 13.5. The average Bonchev–Trinajstić information content (AvgIpc) is 2.86. The first-order valence-electron chi connectivity index (χ1n) is 6.99. The van der Waals surface area contributed by atoms with Crippen molar-refractivity contribution in [3.05, 3.63) is 47.5 Å². The van der Waals surface area contributed by atoms with Crippen LogP contribution in [0, 0.1) is 6.92 Å². The quantitative estimate of drug-likeness (QED) is 0.900. The van der Waals surface area contributed by atoms with Gasteiger partial charge in [0.2, 0.25) is 5.91 Å². The largest absolute Gasteiger partial charge is 0.495 e. The summed E-state index contributed by atoms with van der Waals surface area (Å²) in [5, 5.41) is 2.68. The number of benzene rings is 2. The Balaban J connectivity index is 1.96. The van der Waals surface area contributed by atoms with Gasteiger partial charge in [0.25, 0.3) is 10.0 Å². The minimum atomic E-state index is -3.77. The molecule has 3 rings (SSSR count). The molecule has 6 nitrogen and oxygen atoms in total. The van der Waals surface area contributed by atoms with Gasteiger partial charge < -0.3 is 10.1 Å². The molecular formula is C16H16N2O4S. The molecule has 0 saturated carbocycles.